The minimum absolute atomic E-state index is 0.123. The third-order valence-corrected chi connectivity index (χ3v) is 6.03. The van der Waals surface area contributed by atoms with Crippen molar-refractivity contribution < 1.29 is 4.79 Å². The Morgan fingerprint density at radius 3 is 2.76 bits per heavy atom. The van der Waals surface area contributed by atoms with Gasteiger partial charge in [0.15, 0.2) is 10.3 Å². The van der Waals surface area contributed by atoms with Gasteiger partial charge in [-0.25, -0.2) is 9.97 Å². The molecule has 0 radical (unpaired) electrons. The molecular weight excluding hydrogens is 424 g/mol. The van der Waals surface area contributed by atoms with Crippen molar-refractivity contribution in [2.24, 2.45) is 0 Å². The number of benzene rings is 2. The number of thioether (sulfide) groups is 1. The Bertz CT molecular complexity index is 1120. The summed E-state index contributed by atoms with van der Waals surface area (Å²) in [5.41, 5.74) is 4.07. The maximum Gasteiger partial charge on any atom is 0.236 e. The topological polar surface area (TPSA) is 59.8 Å². The van der Waals surface area contributed by atoms with Gasteiger partial charge in [-0.15, -0.1) is 11.3 Å². The van der Waals surface area contributed by atoms with Crippen LogP contribution in [0.4, 0.5) is 5.13 Å². The second-order valence-corrected chi connectivity index (χ2v) is 8.55. The van der Waals surface area contributed by atoms with Crippen LogP contribution in [0.2, 0.25) is 5.02 Å². The number of aromatic nitrogens is 3. The number of nitrogens with one attached hydrogen (secondary N) is 1. The van der Waals surface area contributed by atoms with Crippen molar-refractivity contribution in [3.05, 3.63) is 76.9 Å². The van der Waals surface area contributed by atoms with Gasteiger partial charge in [0.2, 0.25) is 5.91 Å². The molecule has 0 aliphatic heterocycles. The number of thiazole rings is 1. The second-order valence-electron chi connectivity index (χ2n) is 6.28. The van der Waals surface area contributed by atoms with Crippen molar-refractivity contribution in [3.63, 3.8) is 0 Å². The van der Waals surface area contributed by atoms with Crippen molar-refractivity contribution in [1.82, 2.24) is 14.5 Å². The van der Waals surface area contributed by atoms with Crippen molar-refractivity contribution in [3.8, 4) is 16.9 Å². The lowest BCUT2D eigenvalue weighted by Crippen LogP contribution is -2.14. The maximum atomic E-state index is 12.3. The van der Waals surface area contributed by atoms with Gasteiger partial charge in [-0.05, 0) is 25.1 Å². The smallest absolute Gasteiger partial charge is 0.236 e. The van der Waals surface area contributed by atoms with Crippen molar-refractivity contribution in [1.29, 1.82) is 0 Å². The normalized spacial score (nSPS) is 10.8. The van der Waals surface area contributed by atoms with E-state index < -0.39 is 0 Å². The highest BCUT2D eigenvalue weighted by Crippen LogP contribution is 2.31. The molecule has 5 nitrogen and oxygen atoms in total. The molecule has 0 aliphatic rings. The van der Waals surface area contributed by atoms with E-state index in [2.05, 4.69) is 46.5 Å². The molecule has 2 heterocycles. The third-order valence-electron chi connectivity index (χ3n) is 4.15. The lowest BCUT2D eigenvalue weighted by molar-refractivity contribution is -0.113. The van der Waals surface area contributed by atoms with Crippen molar-refractivity contribution in [2.75, 3.05) is 11.1 Å². The summed E-state index contributed by atoms with van der Waals surface area (Å²) < 4.78 is 2.03. The first-order valence-corrected chi connectivity index (χ1v) is 11.1. The van der Waals surface area contributed by atoms with Gasteiger partial charge >= 0.3 is 0 Å². The largest absolute Gasteiger partial charge is 0.301 e. The van der Waals surface area contributed by atoms with Crippen molar-refractivity contribution >= 4 is 45.7 Å². The van der Waals surface area contributed by atoms with E-state index in [0.717, 1.165) is 22.1 Å². The lowest BCUT2D eigenvalue weighted by atomic mass is 10.1. The molecule has 0 bridgehead atoms. The van der Waals surface area contributed by atoms with Crippen molar-refractivity contribution in [2.45, 2.75) is 12.1 Å². The standard InChI is InChI=1S/C21H17ClN4OS2/c1-14-5-7-15(8-6-14)18-12-24-21(26(18)17-4-2-3-16(22)11-17)29-13-19(27)25-20-23-9-10-28-20/h2-12H,13H2,1H3,(H,23,25,27). The number of rotatable bonds is 6. The van der Waals surface area contributed by atoms with Gasteiger partial charge in [0, 0.05) is 27.9 Å². The fourth-order valence-corrected chi connectivity index (χ4v) is 4.32. The molecule has 0 saturated heterocycles. The van der Waals surface area contributed by atoms with Gasteiger partial charge in [0.05, 0.1) is 17.6 Å². The number of imidazole rings is 1. The van der Waals surface area contributed by atoms with E-state index >= 15 is 0 Å². The zero-order valence-corrected chi connectivity index (χ0v) is 17.9. The molecule has 0 atom stereocenters. The molecular formula is C21H17ClN4OS2. The van der Waals surface area contributed by atoms with E-state index in [1.807, 2.05) is 40.4 Å². The fraction of sp³-hybridized carbons (Fsp3) is 0.0952. The lowest BCUT2D eigenvalue weighted by Gasteiger charge is -2.12. The first kappa shape index (κ1) is 19.7. The Labute approximate surface area is 181 Å². The predicted octanol–water partition coefficient (Wildman–Crippen LogP) is 5.69. The summed E-state index contributed by atoms with van der Waals surface area (Å²) in [5.74, 6) is 0.104. The van der Waals surface area contributed by atoms with Crippen LogP contribution in [0.5, 0.6) is 0 Å². The molecule has 4 rings (SSSR count). The zero-order valence-electron chi connectivity index (χ0n) is 15.5. The first-order valence-electron chi connectivity index (χ1n) is 8.83. The number of nitrogens with zero attached hydrogens (tertiary/aromatic N) is 3. The summed E-state index contributed by atoms with van der Waals surface area (Å²) in [6.45, 7) is 2.06. The number of carbonyl (C=O) groups excluding carboxylic acids is 1. The number of carbonyl (C=O) groups is 1. The van der Waals surface area contributed by atoms with Crippen LogP contribution in [0.25, 0.3) is 16.9 Å². The van der Waals surface area contributed by atoms with Crippen LogP contribution in [-0.4, -0.2) is 26.2 Å². The number of aryl methyl sites for hydroxylation is 1. The molecule has 0 fully saturated rings. The van der Waals surface area contributed by atoms with Crippen LogP contribution in [0.1, 0.15) is 5.56 Å². The van der Waals surface area contributed by atoms with Gasteiger partial charge in [0.25, 0.3) is 0 Å². The molecule has 0 aliphatic carbocycles. The highest BCUT2D eigenvalue weighted by Gasteiger charge is 2.16. The average molecular weight is 441 g/mol. The minimum Gasteiger partial charge on any atom is -0.301 e. The van der Waals surface area contributed by atoms with E-state index in [0.29, 0.717) is 10.2 Å². The highest BCUT2D eigenvalue weighted by atomic mass is 35.5. The first-order chi connectivity index (χ1) is 14.1. The summed E-state index contributed by atoms with van der Waals surface area (Å²) >= 11 is 8.99. The monoisotopic (exact) mass is 440 g/mol. The van der Waals surface area contributed by atoms with E-state index in [9.17, 15) is 4.79 Å². The van der Waals surface area contributed by atoms with Gasteiger partial charge in [-0.3, -0.25) is 9.36 Å². The molecule has 8 heteroatoms. The van der Waals surface area contributed by atoms with Crippen LogP contribution in [-0.2, 0) is 4.79 Å². The van der Waals surface area contributed by atoms with Crippen LogP contribution in [0, 0.1) is 6.92 Å². The SMILES string of the molecule is Cc1ccc(-c2cnc(SCC(=O)Nc3nccs3)n2-c2cccc(Cl)c2)cc1. The van der Waals surface area contributed by atoms with Gasteiger partial charge in [0.1, 0.15) is 0 Å². The van der Waals surface area contributed by atoms with E-state index in [1.165, 1.54) is 28.7 Å². The average Bonchev–Trinajstić information content (AvgIpc) is 3.37. The number of hydrogen-bond donors (Lipinski definition) is 1. The summed E-state index contributed by atoms with van der Waals surface area (Å²) in [5, 5.41) is 6.57. The number of anilines is 1. The Morgan fingerprint density at radius 2 is 2.03 bits per heavy atom. The number of halogens is 1. The summed E-state index contributed by atoms with van der Waals surface area (Å²) in [6, 6.07) is 15.9. The third kappa shape index (κ3) is 4.70. The van der Waals surface area contributed by atoms with Gasteiger partial charge in [-0.1, -0.05) is 59.3 Å². The fourth-order valence-electron chi connectivity index (χ4n) is 2.80. The van der Waals surface area contributed by atoms with E-state index in [4.69, 9.17) is 11.6 Å². The molecule has 1 N–H and O–H groups in total. The molecule has 0 unspecified atom stereocenters. The van der Waals surface area contributed by atoms with Crippen LogP contribution in [0.15, 0.2) is 71.5 Å². The highest BCUT2D eigenvalue weighted by molar-refractivity contribution is 7.99. The second kappa shape index (κ2) is 8.82. The van der Waals surface area contributed by atoms with Crippen LogP contribution in [0.3, 0.4) is 0 Å². The van der Waals surface area contributed by atoms with E-state index in [1.54, 1.807) is 6.20 Å². The quantitative estimate of drug-likeness (QED) is 0.391. The molecule has 146 valence electrons. The Kier molecular flexibility index (Phi) is 5.99. The maximum absolute atomic E-state index is 12.3. The van der Waals surface area contributed by atoms with Crippen LogP contribution < -0.4 is 5.32 Å². The molecule has 4 aromatic rings. The number of amides is 1. The molecule has 1 amide bonds. The molecule has 29 heavy (non-hydrogen) atoms. The van der Waals surface area contributed by atoms with E-state index in [-0.39, 0.29) is 11.7 Å². The zero-order chi connectivity index (χ0) is 20.2. The molecule has 2 aromatic heterocycles. The Balaban J connectivity index is 1.64. The minimum atomic E-state index is -0.123. The predicted molar refractivity (Wildman–Crippen MR) is 120 cm³/mol. The Morgan fingerprint density at radius 1 is 1.21 bits per heavy atom. The molecule has 0 saturated carbocycles. The molecule has 2 aromatic carbocycles. The van der Waals surface area contributed by atoms with Gasteiger partial charge < -0.3 is 5.32 Å². The van der Waals surface area contributed by atoms with Gasteiger partial charge in [-0.2, -0.15) is 0 Å². The number of hydrogen-bond acceptors (Lipinski definition) is 5. The summed E-state index contributed by atoms with van der Waals surface area (Å²) in [7, 11) is 0. The molecule has 0 spiro atoms. The van der Waals surface area contributed by atoms with Crippen LogP contribution >= 0.6 is 34.7 Å². The Hall–Kier alpha value is -2.61. The summed E-state index contributed by atoms with van der Waals surface area (Å²) in [6.07, 6.45) is 3.49. The summed E-state index contributed by atoms with van der Waals surface area (Å²) in [4.78, 5) is 20.9.